The minimum atomic E-state index is 0.380. The highest BCUT2D eigenvalue weighted by molar-refractivity contribution is 5.35. The maximum atomic E-state index is 5.45. The second-order valence-electron chi connectivity index (χ2n) is 5.91. The largest absolute Gasteiger partial charge is 0.496 e. The van der Waals surface area contributed by atoms with Gasteiger partial charge in [-0.3, -0.25) is 0 Å². The lowest BCUT2D eigenvalue weighted by molar-refractivity contribution is 0.321. The molecule has 4 atom stereocenters. The number of para-hydroxylation sites is 1. The Balaban J connectivity index is 1.69. The van der Waals surface area contributed by atoms with Gasteiger partial charge in [-0.1, -0.05) is 24.6 Å². The molecular formula is C16H23NO. The van der Waals surface area contributed by atoms with Crippen molar-refractivity contribution in [2.75, 3.05) is 7.11 Å². The Morgan fingerprint density at radius 1 is 1.22 bits per heavy atom. The Labute approximate surface area is 110 Å². The molecule has 0 radical (unpaired) electrons. The van der Waals surface area contributed by atoms with Gasteiger partial charge >= 0.3 is 0 Å². The van der Waals surface area contributed by atoms with Crippen molar-refractivity contribution in [3.05, 3.63) is 29.8 Å². The highest BCUT2D eigenvalue weighted by atomic mass is 16.5. The molecule has 1 N–H and O–H groups in total. The van der Waals surface area contributed by atoms with Crippen molar-refractivity contribution in [2.45, 2.75) is 44.7 Å². The van der Waals surface area contributed by atoms with Crippen LogP contribution >= 0.6 is 0 Å². The van der Waals surface area contributed by atoms with Gasteiger partial charge < -0.3 is 10.1 Å². The Morgan fingerprint density at radius 2 is 2.06 bits per heavy atom. The van der Waals surface area contributed by atoms with E-state index >= 15 is 0 Å². The lowest BCUT2D eigenvalue weighted by Gasteiger charge is -2.27. The van der Waals surface area contributed by atoms with Crippen molar-refractivity contribution < 1.29 is 4.74 Å². The van der Waals surface area contributed by atoms with Crippen molar-refractivity contribution in [1.82, 2.24) is 5.32 Å². The summed E-state index contributed by atoms with van der Waals surface area (Å²) in [7, 11) is 1.75. The van der Waals surface area contributed by atoms with Gasteiger partial charge in [0, 0.05) is 17.6 Å². The average molecular weight is 245 g/mol. The molecule has 0 amide bonds. The summed E-state index contributed by atoms with van der Waals surface area (Å²) < 4.78 is 5.45. The van der Waals surface area contributed by atoms with Crippen LogP contribution in [0.3, 0.4) is 0 Å². The normalized spacial score (nSPS) is 31.6. The van der Waals surface area contributed by atoms with E-state index in [1.165, 1.54) is 31.2 Å². The minimum Gasteiger partial charge on any atom is -0.496 e. The van der Waals surface area contributed by atoms with Crippen LogP contribution in [0.4, 0.5) is 0 Å². The molecule has 0 aromatic heterocycles. The number of hydrogen-bond acceptors (Lipinski definition) is 2. The van der Waals surface area contributed by atoms with E-state index in [0.717, 1.165) is 23.6 Å². The number of nitrogens with one attached hydrogen (secondary N) is 1. The molecule has 98 valence electrons. The number of fused-ring (bicyclic) bond motifs is 2. The van der Waals surface area contributed by atoms with Crippen LogP contribution in [0, 0.1) is 11.8 Å². The SMILES string of the molecule is COc1ccccc1[C@H](C)NC1CC2CCC1C2. The maximum Gasteiger partial charge on any atom is 0.123 e. The molecular weight excluding hydrogens is 222 g/mol. The molecule has 2 aliphatic rings. The van der Waals surface area contributed by atoms with Crippen molar-refractivity contribution in [1.29, 1.82) is 0 Å². The van der Waals surface area contributed by atoms with Crippen LogP contribution in [0.25, 0.3) is 0 Å². The van der Waals surface area contributed by atoms with Crippen molar-refractivity contribution in [2.24, 2.45) is 11.8 Å². The third kappa shape index (κ3) is 2.14. The van der Waals surface area contributed by atoms with Crippen LogP contribution in [-0.2, 0) is 0 Å². The zero-order valence-corrected chi connectivity index (χ0v) is 11.4. The molecule has 0 spiro atoms. The number of ether oxygens (including phenoxy) is 1. The van der Waals surface area contributed by atoms with Crippen LogP contribution in [0.1, 0.15) is 44.2 Å². The average Bonchev–Trinajstić information content (AvgIpc) is 3.01. The number of benzene rings is 1. The molecule has 0 saturated heterocycles. The Kier molecular flexibility index (Phi) is 3.29. The summed E-state index contributed by atoms with van der Waals surface area (Å²) in [4.78, 5) is 0. The first kappa shape index (κ1) is 12.0. The fourth-order valence-electron chi connectivity index (χ4n) is 3.88. The lowest BCUT2D eigenvalue weighted by Crippen LogP contribution is -2.35. The number of methoxy groups -OCH3 is 1. The van der Waals surface area contributed by atoms with Gasteiger partial charge in [-0.25, -0.2) is 0 Å². The third-order valence-corrected chi connectivity index (χ3v) is 4.81. The second-order valence-corrected chi connectivity index (χ2v) is 5.91. The minimum absolute atomic E-state index is 0.380. The predicted octanol–water partition coefficient (Wildman–Crippen LogP) is 3.53. The van der Waals surface area contributed by atoms with Gasteiger partial charge in [0.15, 0.2) is 0 Å². The summed E-state index contributed by atoms with van der Waals surface area (Å²) in [6.45, 7) is 2.25. The molecule has 2 fully saturated rings. The van der Waals surface area contributed by atoms with E-state index in [0.29, 0.717) is 6.04 Å². The molecule has 18 heavy (non-hydrogen) atoms. The lowest BCUT2D eigenvalue weighted by atomic mass is 9.94. The first-order valence-corrected chi connectivity index (χ1v) is 7.17. The van der Waals surface area contributed by atoms with E-state index in [9.17, 15) is 0 Å². The summed E-state index contributed by atoms with van der Waals surface area (Å²) in [5.74, 6) is 2.92. The second kappa shape index (κ2) is 4.93. The van der Waals surface area contributed by atoms with E-state index in [2.05, 4.69) is 24.4 Å². The number of hydrogen-bond donors (Lipinski definition) is 1. The van der Waals surface area contributed by atoms with Crippen molar-refractivity contribution >= 4 is 0 Å². The molecule has 2 bridgehead atoms. The van der Waals surface area contributed by atoms with Gasteiger partial charge in [0.25, 0.3) is 0 Å². The summed E-state index contributed by atoms with van der Waals surface area (Å²) >= 11 is 0. The molecule has 1 aromatic carbocycles. The molecule has 2 heteroatoms. The summed E-state index contributed by atoms with van der Waals surface area (Å²) in [5.41, 5.74) is 1.28. The Morgan fingerprint density at radius 3 is 2.72 bits per heavy atom. The molecule has 0 aliphatic heterocycles. The molecule has 2 aliphatic carbocycles. The number of rotatable bonds is 4. The first-order chi connectivity index (χ1) is 8.78. The highest BCUT2D eigenvalue weighted by Crippen LogP contribution is 2.45. The van der Waals surface area contributed by atoms with E-state index in [1.54, 1.807) is 7.11 Å². The van der Waals surface area contributed by atoms with Crippen molar-refractivity contribution in [3.63, 3.8) is 0 Å². The first-order valence-electron chi connectivity index (χ1n) is 7.17. The van der Waals surface area contributed by atoms with Crippen LogP contribution in [0.15, 0.2) is 24.3 Å². The topological polar surface area (TPSA) is 21.3 Å². The summed E-state index contributed by atoms with van der Waals surface area (Å²) in [6, 6.07) is 9.45. The zero-order chi connectivity index (χ0) is 12.5. The molecule has 2 saturated carbocycles. The molecule has 3 unspecified atom stereocenters. The maximum absolute atomic E-state index is 5.45. The van der Waals surface area contributed by atoms with Gasteiger partial charge in [-0.2, -0.15) is 0 Å². The van der Waals surface area contributed by atoms with Gasteiger partial charge in [-0.05, 0) is 44.1 Å². The van der Waals surface area contributed by atoms with Crippen LogP contribution in [0.5, 0.6) is 5.75 Å². The van der Waals surface area contributed by atoms with Gasteiger partial charge in [0.2, 0.25) is 0 Å². The molecule has 3 rings (SSSR count). The smallest absolute Gasteiger partial charge is 0.123 e. The molecule has 1 aromatic rings. The fourth-order valence-corrected chi connectivity index (χ4v) is 3.88. The summed E-state index contributed by atoms with van der Waals surface area (Å²) in [6.07, 6.45) is 5.73. The van der Waals surface area contributed by atoms with Crippen LogP contribution in [0.2, 0.25) is 0 Å². The van der Waals surface area contributed by atoms with Gasteiger partial charge in [0.05, 0.1) is 7.11 Å². The van der Waals surface area contributed by atoms with Gasteiger partial charge in [0.1, 0.15) is 5.75 Å². The quantitative estimate of drug-likeness (QED) is 0.876. The third-order valence-electron chi connectivity index (χ3n) is 4.81. The van der Waals surface area contributed by atoms with Crippen molar-refractivity contribution in [3.8, 4) is 5.75 Å². The predicted molar refractivity (Wildman–Crippen MR) is 73.8 cm³/mol. The van der Waals surface area contributed by atoms with Crippen LogP contribution < -0.4 is 10.1 Å². The van der Waals surface area contributed by atoms with E-state index in [-0.39, 0.29) is 0 Å². The van der Waals surface area contributed by atoms with E-state index in [4.69, 9.17) is 4.74 Å². The Hall–Kier alpha value is -1.02. The Bertz CT molecular complexity index is 417. The standard InChI is InChI=1S/C16H23NO/c1-11(14-5-3-4-6-16(14)18-2)17-15-10-12-7-8-13(15)9-12/h3-6,11-13,15,17H,7-10H2,1-2H3/t11-,12?,13?,15?/m0/s1. The van der Waals surface area contributed by atoms with E-state index in [1.807, 2.05) is 12.1 Å². The monoisotopic (exact) mass is 245 g/mol. The summed E-state index contributed by atoms with van der Waals surface area (Å²) in [5, 5.41) is 3.82. The highest BCUT2D eigenvalue weighted by Gasteiger charge is 2.39. The zero-order valence-electron chi connectivity index (χ0n) is 11.4. The fraction of sp³-hybridized carbons (Fsp3) is 0.625. The molecule has 2 nitrogen and oxygen atoms in total. The van der Waals surface area contributed by atoms with Crippen LogP contribution in [-0.4, -0.2) is 13.2 Å². The van der Waals surface area contributed by atoms with Gasteiger partial charge in [-0.15, -0.1) is 0 Å². The molecule has 0 heterocycles. The van der Waals surface area contributed by atoms with E-state index < -0.39 is 0 Å².